The summed E-state index contributed by atoms with van der Waals surface area (Å²) in [5.74, 6) is 2.16. The summed E-state index contributed by atoms with van der Waals surface area (Å²) in [7, 11) is 0. The van der Waals surface area contributed by atoms with Gasteiger partial charge in [0.05, 0.1) is 6.10 Å². The molecule has 0 heterocycles. The second-order valence-electron chi connectivity index (χ2n) is 5.53. The van der Waals surface area contributed by atoms with E-state index < -0.39 is 6.10 Å². The summed E-state index contributed by atoms with van der Waals surface area (Å²) < 4.78 is 5.95. The molecule has 0 saturated carbocycles. The van der Waals surface area contributed by atoms with Gasteiger partial charge >= 0.3 is 0 Å². The van der Waals surface area contributed by atoms with Crippen molar-refractivity contribution >= 4 is 0 Å². The average Bonchev–Trinajstić information content (AvgIpc) is 2.41. The highest BCUT2D eigenvalue weighted by molar-refractivity contribution is 5.41. The van der Waals surface area contributed by atoms with E-state index in [0.717, 1.165) is 22.6 Å². The van der Waals surface area contributed by atoms with Gasteiger partial charge in [-0.25, -0.2) is 0 Å². The van der Waals surface area contributed by atoms with Gasteiger partial charge in [-0.15, -0.1) is 0 Å². The van der Waals surface area contributed by atoms with Gasteiger partial charge < -0.3 is 9.84 Å². The Morgan fingerprint density at radius 1 is 0.900 bits per heavy atom. The van der Waals surface area contributed by atoms with Gasteiger partial charge in [0.2, 0.25) is 0 Å². The lowest BCUT2D eigenvalue weighted by Gasteiger charge is -2.13. The fourth-order valence-corrected chi connectivity index (χ4v) is 2.03. The number of rotatable bonds is 4. The number of aliphatic hydroxyl groups excluding tert-OH is 1. The maximum absolute atomic E-state index is 9.51. The predicted molar refractivity (Wildman–Crippen MR) is 82.4 cm³/mol. The van der Waals surface area contributed by atoms with E-state index >= 15 is 0 Å². The van der Waals surface area contributed by atoms with Gasteiger partial charge in [-0.1, -0.05) is 38.1 Å². The van der Waals surface area contributed by atoms with E-state index in [1.165, 1.54) is 5.56 Å². The number of ether oxygens (including phenoxy) is 1. The molecule has 2 aromatic rings. The molecule has 106 valence electrons. The van der Waals surface area contributed by atoms with Gasteiger partial charge in [0.1, 0.15) is 11.5 Å². The van der Waals surface area contributed by atoms with Crippen molar-refractivity contribution in [3.8, 4) is 11.5 Å². The molecule has 1 atom stereocenters. The van der Waals surface area contributed by atoms with E-state index in [2.05, 4.69) is 32.0 Å². The number of aryl methyl sites for hydroxylation is 1. The van der Waals surface area contributed by atoms with Crippen molar-refractivity contribution in [2.45, 2.75) is 39.7 Å². The lowest BCUT2D eigenvalue weighted by atomic mass is 10.0. The first-order valence-corrected chi connectivity index (χ1v) is 7.04. The van der Waals surface area contributed by atoms with Gasteiger partial charge in [0.15, 0.2) is 0 Å². The molecule has 1 N–H and O–H groups in total. The van der Waals surface area contributed by atoms with Crippen LogP contribution in [0.4, 0.5) is 0 Å². The minimum Gasteiger partial charge on any atom is -0.457 e. The first kappa shape index (κ1) is 14.6. The molecule has 0 amide bonds. The molecule has 0 aromatic heterocycles. The van der Waals surface area contributed by atoms with Crippen LogP contribution in [-0.2, 0) is 0 Å². The molecule has 0 unspecified atom stereocenters. The Hall–Kier alpha value is -1.80. The summed E-state index contributed by atoms with van der Waals surface area (Å²) in [6.45, 7) is 8.15. The largest absolute Gasteiger partial charge is 0.457 e. The molecule has 0 spiro atoms. The molecular weight excluding hydrogens is 248 g/mol. The van der Waals surface area contributed by atoms with E-state index in [0.29, 0.717) is 5.92 Å². The molecule has 2 nitrogen and oxygen atoms in total. The van der Waals surface area contributed by atoms with Crippen LogP contribution in [0.25, 0.3) is 0 Å². The van der Waals surface area contributed by atoms with Gasteiger partial charge in [-0.05, 0) is 54.7 Å². The Kier molecular flexibility index (Phi) is 4.46. The molecule has 0 aliphatic rings. The first-order chi connectivity index (χ1) is 9.47. The number of hydrogen-bond donors (Lipinski definition) is 1. The van der Waals surface area contributed by atoms with E-state index in [-0.39, 0.29) is 0 Å². The summed E-state index contributed by atoms with van der Waals surface area (Å²) in [4.78, 5) is 0. The maximum atomic E-state index is 9.51. The third kappa shape index (κ3) is 3.40. The van der Waals surface area contributed by atoms with Crippen LogP contribution in [0.15, 0.2) is 42.5 Å². The van der Waals surface area contributed by atoms with Crippen molar-refractivity contribution in [1.82, 2.24) is 0 Å². The van der Waals surface area contributed by atoms with Gasteiger partial charge in [-0.2, -0.15) is 0 Å². The molecule has 20 heavy (non-hydrogen) atoms. The second kappa shape index (κ2) is 6.10. The average molecular weight is 270 g/mol. The van der Waals surface area contributed by atoms with E-state index in [1.807, 2.05) is 31.2 Å². The zero-order valence-electron chi connectivity index (χ0n) is 12.6. The zero-order valence-corrected chi connectivity index (χ0v) is 12.6. The van der Waals surface area contributed by atoms with Crippen LogP contribution in [0.1, 0.15) is 49.5 Å². The highest BCUT2D eigenvalue weighted by Gasteiger charge is 2.07. The lowest BCUT2D eigenvalue weighted by Crippen LogP contribution is -1.94. The molecule has 0 radical (unpaired) electrons. The molecule has 2 aromatic carbocycles. The maximum Gasteiger partial charge on any atom is 0.130 e. The standard InChI is InChI=1S/C18H22O2/c1-12(2)16-6-5-13(3)18(11-16)20-17-9-7-15(8-10-17)14(4)19/h5-12,14,19H,1-4H3/t14-/m0/s1. The Morgan fingerprint density at radius 3 is 2.05 bits per heavy atom. The van der Waals surface area contributed by atoms with Crippen molar-refractivity contribution < 1.29 is 9.84 Å². The monoisotopic (exact) mass is 270 g/mol. The summed E-state index contributed by atoms with van der Waals surface area (Å²) in [5, 5.41) is 9.51. The molecule has 0 aliphatic heterocycles. The highest BCUT2D eigenvalue weighted by Crippen LogP contribution is 2.29. The van der Waals surface area contributed by atoms with Crippen LogP contribution in [0.5, 0.6) is 11.5 Å². The first-order valence-electron chi connectivity index (χ1n) is 7.04. The molecule has 0 fully saturated rings. The molecule has 2 rings (SSSR count). The zero-order chi connectivity index (χ0) is 14.7. The Bertz CT molecular complexity index is 568. The van der Waals surface area contributed by atoms with Gasteiger partial charge in [0, 0.05) is 0 Å². The van der Waals surface area contributed by atoms with Crippen molar-refractivity contribution in [2.24, 2.45) is 0 Å². The molecule has 0 aliphatic carbocycles. The number of hydrogen-bond acceptors (Lipinski definition) is 2. The van der Waals surface area contributed by atoms with Crippen LogP contribution < -0.4 is 4.74 Å². The SMILES string of the molecule is Cc1ccc(C(C)C)cc1Oc1ccc([C@H](C)O)cc1. The van der Waals surface area contributed by atoms with Crippen molar-refractivity contribution in [1.29, 1.82) is 0 Å². The Morgan fingerprint density at radius 2 is 1.50 bits per heavy atom. The minimum atomic E-state index is -0.449. The Balaban J connectivity index is 2.23. The van der Waals surface area contributed by atoms with Crippen LogP contribution in [0.2, 0.25) is 0 Å². The summed E-state index contributed by atoms with van der Waals surface area (Å²) in [6.07, 6.45) is -0.449. The lowest BCUT2D eigenvalue weighted by molar-refractivity contribution is 0.199. The van der Waals surface area contributed by atoms with Gasteiger partial charge in [-0.3, -0.25) is 0 Å². The second-order valence-corrected chi connectivity index (χ2v) is 5.53. The molecular formula is C18H22O2. The van der Waals surface area contributed by atoms with E-state index in [1.54, 1.807) is 6.92 Å². The third-order valence-electron chi connectivity index (χ3n) is 3.47. The molecule has 0 saturated heterocycles. The van der Waals surface area contributed by atoms with E-state index in [4.69, 9.17) is 4.74 Å². The number of aliphatic hydroxyl groups is 1. The number of benzene rings is 2. The van der Waals surface area contributed by atoms with Crippen LogP contribution in [-0.4, -0.2) is 5.11 Å². The highest BCUT2D eigenvalue weighted by atomic mass is 16.5. The fourth-order valence-electron chi connectivity index (χ4n) is 2.03. The van der Waals surface area contributed by atoms with Crippen LogP contribution in [0.3, 0.4) is 0 Å². The molecule has 0 bridgehead atoms. The molecule has 2 heteroatoms. The van der Waals surface area contributed by atoms with Crippen LogP contribution >= 0.6 is 0 Å². The summed E-state index contributed by atoms with van der Waals surface area (Å²) in [6, 6.07) is 13.9. The van der Waals surface area contributed by atoms with Crippen LogP contribution in [0, 0.1) is 6.92 Å². The quantitative estimate of drug-likeness (QED) is 0.850. The fraction of sp³-hybridized carbons (Fsp3) is 0.333. The van der Waals surface area contributed by atoms with Gasteiger partial charge in [0.25, 0.3) is 0 Å². The summed E-state index contributed by atoms with van der Waals surface area (Å²) >= 11 is 0. The van der Waals surface area contributed by atoms with E-state index in [9.17, 15) is 5.11 Å². The van der Waals surface area contributed by atoms with Crippen molar-refractivity contribution in [3.63, 3.8) is 0 Å². The third-order valence-corrected chi connectivity index (χ3v) is 3.47. The van der Waals surface area contributed by atoms with Crippen molar-refractivity contribution in [2.75, 3.05) is 0 Å². The minimum absolute atomic E-state index is 0.449. The topological polar surface area (TPSA) is 29.5 Å². The Labute approximate surface area is 121 Å². The normalized spacial score (nSPS) is 12.5. The smallest absolute Gasteiger partial charge is 0.130 e. The van der Waals surface area contributed by atoms with Crippen molar-refractivity contribution in [3.05, 3.63) is 59.2 Å². The summed E-state index contributed by atoms with van der Waals surface area (Å²) in [5.41, 5.74) is 3.28. The predicted octanol–water partition coefficient (Wildman–Crippen LogP) is 4.96.